The summed E-state index contributed by atoms with van der Waals surface area (Å²) in [6.45, 7) is 4.19. The Morgan fingerprint density at radius 3 is 2.73 bits per heavy atom. The molecule has 2 aromatic carbocycles. The molecule has 0 saturated carbocycles. The lowest BCUT2D eigenvalue weighted by Gasteiger charge is -2.09. The third kappa shape index (κ3) is 5.04. The number of rotatable bonds is 7. The van der Waals surface area contributed by atoms with Crippen molar-refractivity contribution >= 4 is 17.7 Å². The van der Waals surface area contributed by atoms with Gasteiger partial charge >= 0.3 is 0 Å². The molecule has 0 aliphatic rings. The number of amides is 1. The average molecular weight is 420 g/mol. The molecule has 2 N–H and O–H groups in total. The highest BCUT2D eigenvalue weighted by Gasteiger charge is 2.17. The number of benzene rings is 2. The SMILES string of the molecule is Cc1ccc(C)c(-n2nnnc2SCC(O)=C(C#N)C(=O)NCc2ccccc2)c1. The molecule has 152 valence electrons. The van der Waals surface area contributed by atoms with Crippen molar-refractivity contribution in [1.29, 1.82) is 5.26 Å². The molecule has 0 atom stereocenters. The first kappa shape index (κ1) is 21.1. The number of nitrogens with one attached hydrogen (secondary N) is 1. The van der Waals surface area contributed by atoms with E-state index in [-0.39, 0.29) is 23.6 Å². The summed E-state index contributed by atoms with van der Waals surface area (Å²) in [5.41, 5.74) is 3.44. The molecule has 0 fully saturated rings. The minimum Gasteiger partial charge on any atom is -0.510 e. The number of nitriles is 1. The highest BCUT2D eigenvalue weighted by Crippen LogP contribution is 2.23. The van der Waals surface area contributed by atoms with Crippen LogP contribution in [0.2, 0.25) is 0 Å². The summed E-state index contributed by atoms with van der Waals surface area (Å²) in [6.07, 6.45) is 0. The summed E-state index contributed by atoms with van der Waals surface area (Å²) in [5, 5.41) is 34.5. The number of aromatic nitrogens is 4. The zero-order valence-corrected chi connectivity index (χ0v) is 17.3. The predicted molar refractivity (Wildman–Crippen MR) is 113 cm³/mol. The number of aliphatic hydroxyl groups is 1. The molecule has 0 bridgehead atoms. The molecule has 30 heavy (non-hydrogen) atoms. The molecule has 0 radical (unpaired) electrons. The first-order valence-corrected chi connectivity index (χ1v) is 10.1. The number of aryl methyl sites for hydroxylation is 2. The largest absolute Gasteiger partial charge is 0.510 e. The highest BCUT2D eigenvalue weighted by molar-refractivity contribution is 7.99. The Kier molecular flexibility index (Phi) is 6.83. The minimum absolute atomic E-state index is 0.0209. The second-order valence-electron chi connectivity index (χ2n) is 6.55. The van der Waals surface area contributed by atoms with Gasteiger partial charge in [-0.2, -0.15) is 9.94 Å². The number of hydrogen-bond donors (Lipinski definition) is 2. The second kappa shape index (κ2) is 9.71. The summed E-state index contributed by atoms with van der Waals surface area (Å²) >= 11 is 1.13. The van der Waals surface area contributed by atoms with Gasteiger partial charge in [-0.15, -0.1) is 5.10 Å². The van der Waals surface area contributed by atoms with E-state index < -0.39 is 5.91 Å². The summed E-state index contributed by atoms with van der Waals surface area (Å²) in [7, 11) is 0. The third-order valence-electron chi connectivity index (χ3n) is 4.30. The second-order valence-corrected chi connectivity index (χ2v) is 7.50. The number of tetrazole rings is 1. The topological polar surface area (TPSA) is 117 Å². The molecule has 0 aliphatic carbocycles. The summed E-state index contributed by atoms with van der Waals surface area (Å²) in [6, 6.07) is 17.0. The van der Waals surface area contributed by atoms with E-state index in [0.29, 0.717) is 5.16 Å². The van der Waals surface area contributed by atoms with Gasteiger partial charge in [0.2, 0.25) is 5.16 Å². The minimum atomic E-state index is -0.631. The molecule has 1 heterocycles. The van der Waals surface area contributed by atoms with Crippen LogP contribution in [0.4, 0.5) is 0 Å². The van der Waals surface area contributed by atoms with Crippen LogP contribution in [0.15, 0.2) is 65.0 Å². The van der Waals surface area contributed by atoms with Crippen LogP contribution in [-0.4, -0.2) is 37.0 Å². The molecule has 1 amide bonds. The van der Waals surface area contributed by atoms with Gasteiger partial charge in [-0.25, -0.2) is 0 Å². The van der Waals surface area contributed by atoms with Gasteiger partial charge in [0.1, 0.15) is 11.8 Å². The van der Waals surface area contributed by atoms with Crippen molar-refractivity contribution in [2.45, 2.75) is 25.5 Å². The van der Waals surface area contributed by atoms with Crippen molar-refractivity contribution in [2.75, 3.05) is 5.75 Å². The van der Waals surface area contributed by atoms with E-state index in [0.717, 1.165) is 34.1 Å². The lowest BCUT2D eigenvalue weighted by molar-refractivity contribution is -0.117. The smallest absolute Gasteiger partial charge is 0.265 e. The van der Waals surface area contributed by atoms with Gasteiger partial charge in [0.25, 0.3) is 5.91 Å². The number of thioether (sulfide) groups is 1. The van der Waals surface area contributed by atoms with Gasteiger partial charge in [-0.3, -0.25) is 4.79 Å². The van der Waals surface area contributed by atoms with Crippen LogP contribution in [0, 0.1) is 25.2 Å². The van der Waals surface area contributed by atoms with Crippen molar-refractivity contribution in [3.8, 4) is 11.8 Å². The Morgan fingerprint density at radius 2 is 2.00 bits per heavy atom. The molecule has 0 unspecified atom stereocenters. The van der Waals surface area contributed by atoms with Gasteiger partial charge in [0, 0.05) is 6.54 Å². The van der Waals surface area contributed by atoms with Gasteiger partial charge in [0.15, 0.2) is 5.57 Å². The maximum Gasteiger partial charge on any atom is 0.265 e. The maximum atomic E-state index is 12.3. The summed E-state index contributed by atoms with van der Waals surface area (Å²) in [4.78, 5) is 12.3. The lowest BCUT2D eigenvalue weighted by atomic mass is 10.1. The Balaban J connectivity index is 1.71. The summed E-state index contributed by atoms with van der Waals surface area (Å²) < 4.78 is 1.57. The molecule has 0 saturated heterocycles. The molecule has 8 nitrogen and oxygen atoms in total. The first-order chi connectivity index (χ1) is 14.5. The molecule has 0 aliphatic heterocycles. The monoisotopic (exact) mass is 420 g/mol. The quantitative estimate of drug-likeness (QED) is 0.261. The van der Waals surface area contributed by atoms with Crippen LogP contribution in [-0.2, 0) is 11.3 Å². The fraction of sp³-hybridized carbons (Fsp3) is 0.190. The average Bonchev–Trinajstić information content (AvgIpc) is 3.22. The van der Waals surface area contributed by atoms with E-state index in [9.17, 15) is 15.2 Å². The van der Waals surface area contributed by atoms with Crippen LogP contribution >= 0.6 is 11.8 Å². The van der Waals surface area contributed by atoms with Crippen molar-refractivity contribution in [3.63, 3.8) is 0 Å². The number of carbonyl (C=O) groups is 1. The van der Waals surface area contributed by atoms with E-state index >= 15 is 0 Å². The van der Waals surface area contributed by atoms with E-state index in [2.05, 4.69) is 20.8 Å². The zero-order valence-electron chi connectivity index (χ0n) is 16.5. The van der Waals surface area contributed by atoms with Crippen molar-refractivity contribution in [3.05, 3.63) is 76.6 Å². The number of aliphatic hydroxyl groups excluding tert-OH is 1. The van der Waals surface area contributed by atoms with Gasteiger partial charge < -0.3 is 10.4 Å². The Bertz CT molecular complexity index is 1120. The summed E-state index contributed by atoms with van der Waals surface area (Å²) in [5.74, 6) is -0.982. The zero-order chi connectivity index (χ0) is 21.5. The maximum absolute atomic E-state index is 12.3. The molecule has 1 aromatic heterocycles. The first-order valence-electron chi connectivity index (χ1n) is 9.12. The Hall–Kier alpha value is -3.64. The Labute approximate surface area is 178 Å². The molecule has 3 rings (SSSR count). The molecular weight excluding hydrogens is 400 g/mol. The highest BCUT2D eigenvalue weighted by atomic mass is 32.2. The van der Waals surface area contributed by atoms with Gasteiger partial charge in [-0.1, -0.05) is 54.2 Å². The number of nitrogens with zero attached hydrogens (tertiary/aromatic N) is 5. The van der Waals surface area contributed by atoms with Gasteiger partial charge in [-0.05, 0) is 47.0 Å². The molecule has 9 heteroatoms. The third-order valence-corrected chi connectivity index (χ3v) is 5.23. The van der Waals surface area contributed by atoms with Crippen LogP contribution in [0.5, 0.6) is 0 Å². The van der Waals surface area contributed by atoms with E-state index in [1.165, 1.54) is 0 Å². The van der Waals surface area contributed by atoms with Crippen LogP contribution in [0.1, 0.15) is 16.7 Å². The lowest BCUT2D eigenvalue weighted by Crippen LogP contribution is -2.25. The van der Waals surface area contributed by atoms with E-state index in [1.807, 2.05) is 62.4 Å². The molecule has 0 spiro atoms. The van der Waals surface area contributed by atoms with Crippen LogP contribution in [0.3, 0.4) is 0 Å². The van der Waals surface area contributed by atoms with Crippen LogP contribution < -0.4 is 5.32 Å². The van der Waals surface area contributed by atoms with Crippen molar-refractivity contribution < 1.29 is 9.90 Å². The van der Waals surface area contributed by atoms with E-state index in [1.54, 1.807) is 10.8 Å². The molecular formula is C21H20N6O2S. The van der Waals surface area contributed by atoms with Crippen molar-refractivity contribution in [2.24, 2.45) is 0 Å². The van der Waals surface area contributed by atoms with Gasteiger partial charge in [0.05, 0.1) is 11.4 Å². The normalized spacial score (nSPS) is 11.5. The predicted octanol–water partition coefficient (Wildman–Crippen LogP) is 3.02. The van der Waals surface area contributed by atoms with E-state index in [4.69, 9.17) is 0 Å². The van der Waals surface area contributed by atoms with Crippen LogP contribution in [0.25, 0.3) is 5.69 Å². The molecule has 3 aromatic rings. The standard InChI is InChI=1S/C21H20N6O2S/c1-14-8-9-15(2)18(10-14)27-21(24-25-26-27)30-13-19(28)17(11-22)20(29)23-12-16-6-4-3-5-7-16/h3-10,28H,12-13H2,1-2H3,(H,23,29). The van der Waals surface area contributed by atoms with Crippen molar-refractivity contribution in [1.82, 2.24) is 25.5 Å². The fourth-order valence-corrected chi connectivity index (χ4v) is 3.45. The Morgan fingerprint density at radius 1 is 1.23 bits per heavy atom. The number of carbonyl (C=O) groups excluding carboxylic acids is 1. The fourth-order valence-electron chi connectivity index (χ4n) is 2.69. The number of hydrogen-bond acceptors (Lipinski definition) is 7.